The van der Waals surface area contributed by atoms with Gasteiger partial charge < -0.3 is 14.5 Å². The normalized spacial score (nSPS) is 20.4. The van der Waals surface area contributed by atoms with Crippen molar-refractivity contribution in [3.63, 3.8) is 0 Å². The molecule has 1 aromatic heterocycles. The molecule has 1 atom stereocenters. The Labute approximate surface area is 165 Å². The summed E-state index contributed by atoms with van der Waals surface area (Å²) < 4.78 is 6.09. The van der Waals surface area contributed by atoms with E-state index in [0.717, 1.165) is 42.2 Å². The van der Waals surface area contributed by atoms with Gasteiger partial charge in [-0.3, -0.25) is 9.78 Å². The molecular formula is C21H27N3O2S. The lowest BCUT2D eigenvalue weighted by Crippen LogP contribution is -2.34. The molecule has 0 bridgehead atoms. The molecule has 2 fully saturated rings. The van der Waals surface area contributed by atoms with Gasteiger partial charge in [0.2, 0.25) is 0 Å². The molecular weight excluding hydrogens is 358 g/mol. The zero-order valence-corrected chi connectivity index (χ0v) is 16.7. The highest BCUT2D eigenvalue weighted by Gasteiger charge is 2.33. The van der Waals surface area contributed by atoms with Crippen molar-refractivity contribution in [3.05, 3.63) is 46.4 Å². The maximum atomic E-state index is 12.8. The van der Waals surface area contributed by atoms with Crippen LogP contribution in [0.15, 0.2) is 36.0 Å². The Morgan fingerprint density at radius 3 is 3.00 bits per heavy atom. The van der Waals surface area contributed by atoms with Crippen molar-refractivity contribution in [1.29, 1.82) is 0 Å². The maximum absolute atomic E-state index is 12.8. The molecule has 2 aromatic rings. The third kappa shape index (κ3) is 4.87. The zero-order valence-electron chi connectivity index (χ0n) is 15.8. The van der Waals surface area contributed by atoms with Gasteiger partial charge in [-0.1, -0.05) is 12.1 Å². The summed E-state index contributed by atoms with van der Waals surface area (Å²) in [6.45, 7) is 3.69. The second kappa shape index (κ2) is 8.40. The Hall–Kier alpha value is -1.92. The molecule has 2 aliphatic rings. The van der Waals surface area contributed by atoms with Crippen molar-refractivity contribution in [2.75, 3.05) is 26.7 Å². The van der Waals surface area contributed by atoms with Crippen molar-refractivity contribution >= 4 is 17.2 Å². The first-order valence-electron chi connectivity index (χ1n) is 9.79. The minimum Gasteiger partial charge on any atom is -0.493 e. The number of piperidine rings is 1. The maximum Gasteiger partial charge on any atom is 0.266 e. The number of rotatable bonds is 7. The number of hydrogen-bond acceptors (Lipinski definition) is 5. The molecule has 1 saturated heterocycles. The van der Waals surface area contributed by atoms with Crippen molar-refractivity contribution in [1.82, 2.24) is 14.8 Å². The topological polar surface area (TPSA) is 45.7 Å². The number of nitrogens with zero attached hydrogens (tertiary/aromatic N) is 3. The third-order valence-corrected chi connectivity index (χ3v) is 6.11. The highest BCUT2D eigenvalue weighted by atomic mass is 32.1. The van der Waals surface area contributed by atoms with Crippen LogP contribution in [0.2, 0.25) is 0 Å². The summed E-state index contributed by atoms with van der Waals surface area (Å²) in [7, 11) is 2.18. The van der Waals surface area contributed by atoms with Crippen molar-refractivity contribution in [3.8, 4) is 5.75 Å². The molecule has 0 radical (unpaired) electrons. The fraction of sp³-hybridized carbons (Fsp3) is 0.524. The number of carbonyl (C=O) groups excluding carboxylic acids is 1. The third-order valence-electron chi connectivity index (χ3n) is 5.35. The summed E-state index contributed by atoms with van der Waals surface area (Å²) in [6.07, 6.45) is 6.35. The summed E-state index contributed by atoms with van der Waals surface area (Å²) in [5, 5.41) is 0. The lowest BCUT2D eigenvalue weighted by Gasteiger charge is -2.29. The minimum atomic E-state index is 0.0940. The van der Waals surface area contributed by atoms with Gasteiger partial charge in [-0.25, -0.2) is 0 Å². The highest BCUT2D eigenvalue weighted by Crippen LogP contribution is 2.31. The van der Waals surface area contributed by atoms with E-state index in [9.17, 15) is 4.79 Å². The number of aromatic nitrogens is 1. The molecule has 0 N–H and O–H groups in total. The van der Waals surface area contributed by atoms with Crippen LogP contribution in [0.1, 0.15) is 40.9 Å². The molecule has 1 amide bonds. The van der Waals surface area contributed by atoms with Crippen LogP contribution in [0.4, 0.5) is 0 Å². The Morgan fingerprint density at radius 1 is 1.37 bits per heavy atom. The molecule has 0 spiro atoms. The van der Waals surface area contributed by atoms with Crippen LogP contribution < -0.4 is 4.74 Å². The van der Waals surface area contributed by atoms with E-state index in [4.69, 9.17) is 4.74 Å². The van der Waals surface area contributed by atoms with E-state index in [1.165, 1.54) is 30.7 Å². The van der Waals surface area contributed by atoms with Crippen LogP contribution in [-0.4, -0.2) is 53.5 Å². The largest absolute Gasteiger partial charge is 0.493 e. The molecule has 1 saturated carbocycles. The summed E-state index contributed by atoms with van der Waals surface area (Å²) in [5.74, 6) is 1.60. The molecule has 27 heavy (non-hydrogen) atoms. The Balaban J connectivity index is 1.38. The smallest absolute Gasteiger partial charge is 0.266 e. The monoisotopic (exact) mass is 385 g/mol. The predicted octanol–water partition coefficient (Wildman–Crippen LogP) is 3.67. The minimum absolute atomic E-state index is 0.0940. The van der Waals surface area contributed by atoms with Gasteiger partial charge in [0.05, 0.1) is 18.3 Å². The van der Waals surface area contributed by atoms with Crippen molar-refractivity contribution in [2.24, 2.45) is 5.92 Å². The van der Waals surface area contributed by atoms with E-state index in [2.05, 4.69) is 29.1 Å². The van der Waals surface area contributed by atoms with Gasteiger partial charge in [-0.05, 0) is 57.0 Å². The molecule has 6 heteroatoms. The summed E-state index contributed by atoms with van der Waals surface area (Å²) in [5.41, 5.74) is 2.84. The average molecular weight is 386 g/mol. The van der Waals surface area contributed by atoms with E-state index in [0.29, 0.717) is 18.5 Å². The number of benzene rings is 1. The van der Waals surface area contributed by atoms with E-state index in [1.807, 2.05) is 17.0 Å². The van der Waals surface area contributed by atoms with Gasteiger partial charge in [0, 0.05) is 25.0 Å². The standard InChI is InChI=1S/C21H27N3O2S/c1-23-9-3-5-17(12-23)14-26-19-6-2-4-16(10-19)13-24(18-7-8-18)21(25)20-11-22-15-27-20/h2,4,6,10-11,15,17-18H,3,5,7-9,12-14H2,1H3. The second-order valence-electron chi connectivity index (χ2n) is 7.76. The van der Waals surface area contributed by atoms with Crippen LogP contribution >= 0.6 is 11.3 Å². The average Bonchev–Trinajstić information content (AvgIpc) is 3.37. The van der Waals surface area contributed by atoms with Crippen molar-refractivity contribution < 1.29 is 9.53 Å². The Morgan fingerprint density at radius 2 is 2.26 bits per heavy atom. The van der Waals surface area contributed by atoms with Crippen LogP contribution in [0.25, 0.3) is 0 Å². The van der Waals surface area contributed by atoms with Gasteiger partial charge in [0.15, 0.2) is 0 Å². The SMILES string of the molecule is CN1CCCC(COc2cccc(CN(C(=O)c3cncs3)C3CC3)c2)C1. The highest BCUT2D eigenvalue weighted by molar-refractivity contribution is 7.11. The summed E-state index contributed by atoms with van der Waals surface area (Å²) in [4.78, 5) is 21.9. The second-order valence-corrected chi connectivity index (χ2v) is 8.65. The molecule has 4 rings (SSSR count). The number of likely N-dealkylation sites (tertiary alicyclic amines) is 1. The van der Waals surface area contributed by atoms with Gasteiger partial charge >= 0.3 is 0 Å². The molecule has 1 aliphatic carbocycles. The Kier molecular flexibility index (Phi) is 5.74. The molecule has 1 unspecified atom stereocenters. The summed E-state index contributed by atoms with van der Waals surface area (Å²) in [6, 6.07) is 8.57. The summed E-state index contributed by atoms with van der Waals surface area (Å²) >= 11 is 1.41. The van der Waals surface area contributed by atoms with E-state index >= 15 is 0 Å². The first-order valence-corrected chi connectivity index (χ1v) is 10.7. The zero-order chi connectivity index (χ0) is 18.6. The number of amides is 1. The van der Waals surface area contributed by atoms with Crippen molar-refractivity contribution in [2.45, 2.75) is 38.3 Å². The quantitative estimate of drug-likeness (QED) is 0.730. The van der Waals surface area contributed by atoms with Crippen LogP contribution in [0.3, 0.4) is 0 Å². The molecule has 1 aliphatic heterocycles. The fourth-order valence-electron chi connectivity index (χ4n) is 3.77. The van der Waals surface area contributed by atoms with Gasteiger partial charge in [-0.15, -0.1) is 11.3 Å². The number of carbonyl (C=O) groups is 1. The lowest BCUT2D eigenvalue weighted by atomic mass is 9.99. The first kappa shape index (κ1) is 18.4. The van der Waals surface area contributed by atoms with Crippen LogP contribution in [0.5, 0.6) is 5.75 Å². The molecule has 1 aromatic carbocycles. The van der Waals surface area contributed by atoms with Crippen LogP contribution in [0, 0.1) is 5.92 Å². The number of thiazole rings is 1. The van der Waals surface area contributed by atoms with Gasteiger partial charge in [-0.2, -0.15) is 0 Å². The molecule has 2 heterocycles. The Bertz CT molecular complexity index is 761. The van der Waals surface area contributed by atoms with Crippen LogP contribution in [-0.2, 0) is 6.54 Å². The predicted molar refractivity (Wildman–Crippen MR) is 107 cm³/mol. The van der Waals surface area contributed by atoms with Gasteiger partial charge in [0.1, 0.15) is 10.6 Å². The van der Waals surface area contributed by atoms with E-state index in [-0.39, 0.29) is 5.91 Å². The first-order chi connectivity index (χ1) is 13.2. The van der Waals surface area contributed by atoms with E-state index in [1.54, 1.807) is 11.7 Å². The number of ether oxygens (including phenoxy) is 1. The van der Waals surface area contributed by atoms with E-state index < -0.39 is 0 Å². The molecule has 5 nitrogen and oxygen atoms in total. The molecule has 144 valence electrons. The van der Waals surface area contributed by atoms with Gasteiger partial charge in [0.25, 0.3) is 5.91 Å². The number of hydrogen-bond donors (Lipinski definition) is 0. The lowest BCUT2D eigenvalue weighted by molar-refractivity contribution is 0.0734. The fourth-order valence-corrected chi connectivity index (χ4v) is 4.34.